The minimum atomic E-state index is -0.139. The number of amides is 2. The van der Waals surface area contributed by atoms with Crippen molar-refractivity contribution in [3.8, 4) is 0 Å². The van der Waals surface area contributed by atoms with Gasteiger partial charge in [-0.15, -0.1) is 0 Å². The smallest absolute Gasteiger partial charge is 0.252 e. The molecule has 2 aliphatic rings. The number of nitrogens with zero attached hydrogens (tertiary/aromatic N) is 2. The molecule has 1 saturated heterocycles. The highest BCUT2D eigenvalue weighted by Crippen LogP contribution is 2.47. The predicted molar refractivity (Wildman–Crippen MR) is 89.1 cm³/mol. The van der Waals surface area contributed by atoms with Gasteiger partial charge in [0.2, 0.25) is 5.91 Å². The Labute approximate surface area is 141 Å². The Balaban J connectivity index is 1.71. The zero-order valence-corrected chi connectivity index (χ0v) is 14.0. The summed E-state index contributed by atoms with van der Waals surface area (Å²) in [6, 6.07) is 3.50. The van der Waals surface area contributed by atoms with Gasteiger partial charge in [-0.1, -0.05) is 6.08 Å². The van der Waals surface area contributed by atoms with Crippen LogP contribution in [0.15, 0.2) is 36.3 Å². The SMILES string of the molecule is COCCN1C(=O)CCC2(CNC(=O)c3cccnc3)CCC=C12. The van der Waals surface area contributed by atoms with E-state index in [1.54, 1.807) is 31.6 Å². The first kappa shape index (κ1) is 16.6. The van der Waals surface area contributed by atoms with Crippen LogP contribution in [0.5, 0.6) is 0 Å². The summed E-state index contributed by atoms with van der Waals surface area (Å²) in [4.78, 5) is 30.4. The molecule has 2 heterocycles. The second-order valence-electron chi connectivity index (χ2n) is 6.37. The highest BCUT2D eigenvalue weighted by Gasteiger charge is 2.45. The third-order valence-corrected chi connectivity index (χ3v) is 4.94. The molecule has 0 radical (unpaired) electrons. The number of hydrogen-bond acceptors (Lipinski definition) is 4. The largest absolute Gasteiger partial charge is 0.383 e. The van der Waals surface area contributed by atoms with E-state index in [1.165, 1.54) is 0 Å². The molecule has 6 nitrogen and oxygen atoms in total. The maximum absolute atomic E-state index is 12.3. The van der Waals surface area contributed by atoms with Crippen LogP contribution in [0.1, 0.15) is 36.0 Å². The van der Waals surface area contributed by atoms with E-state index in [-0.39, 0.29) is 17.2 Å². The molecule has 24 heavy (non-hydrogen) atoms. The number of nitrogens with one attached hydrogen (secondary N) is 1. The molecule has 0 saturated carbocycles. The van der Waals surface area contributed by atoms with E-state index in [4.69, 9.17) is 4.74 Å². The first-order valence-electron chi connectivity index (χ1n) is 8.34. The van der Waals surface area contributed by atoms with Gasteiger partial charge < -0.3 is 15.0 Å². The van der Waals surface area contributed by atoms with Gasteiger partial charge in [0.1, 0.15) is 0 Å². The van der Waals surface area contributed by atoms with E-state index in [0.29, 0.717) is 31.7 Å². The summed E-state index contributed by atoms with van der Waals surface area (Å²) in [6.45, 7) is 1.63. The van der Waals surface area contributed by atoms with Gasteiger partial charge in [-0.3, -0.25) is 14.6 Å². The molecule has 1 N–H and O–H groups in total. The fraction of sp³-hybridized carbons (Fsp3) is 0.500. The van der Waals surface area contributed by atoms with Crippen LogP contribution in [0.25, 0.3) is 0 Å². The Kier molecular flexibility index (Phi) is 4.94. The number of hydrogen-bond donors (Lipinski definition) is 1. The van der Waals surface area contributed by atoms with Crippen molar-refractivity contribution in [3.05, 3.63) is 41.9 Å². The van der Waals surface area contributed by atoms with E-state index >= 15 is 0 Å². The molecule has 1 aliphatic heterocycles. The van der Waals surface area contributed by atoms with E-state index in [9.17, 15) is 9.59 Å². The molecule has 1 aromatic heterocycles. The number of allylic oxidation sites excluding steroid dienone is 1. The molecule has 2 amide bonds. The number of methoxy groups -OCH3 is 1. The summed E-state index contributed by atoms with van der Waals surface area (Å²) < 4.78 is 5.13. The molecule has 1 aromatic rings. The normalized spacial score (nSPS) is 23.0. The van der Waals surface area contributed by atoms with Crippen molar-refractivity contribution in [3.63, 3.8) is 0 Å². The number of ether oxygens (including phenoxy) is 1. The van der Waals surface area contributed by atoms with Gasteiger partial charge in [-0.05, 0) is 31.4 Å². The fourth-order valence-electron chi connectivity index (χ4n) is 3.64. The lowest BCUT2D eigenvalue weighted by molar-refractivity contribution is -0.133. The standard InChI is InChI=1S/C18H23N3O3/c1-24-11-10-21-15-5-2-7-18(15,8-6-16(21)22)13-20-17(23)14-4-3-9-19-12-14/h3-5,9,12H,2,6-8,10-11,13H2,1H3,(H,20,23). The number of aromatic nitrogens is 1. The van der Waals surface area contributed by atoms with Crippen molar-refractivity contribution in [2.75, 3.05) is 26.8 Å². The van der Waals surface area contributed by atoms with Gasteiger partial charge in [0.05, 0.1) is 12.2 Å². The molecule has 128 valence electrons. The van der Waals surface area contributed by atoms with Crippen LogP contribution in [0.4, 0.5) is 0 Å². The minimum absolute atomic E-state index is 0.121. The van der Waals surface area contributed by atoms with Crippen molar-refractivity contribution < 1.29 is 14.3 Å². The van der Waals surface area contributed by atoms with Crippen LogP contribution in [-0.2, 0) is 9.53 Å². The maximum atomic E-state index is 12.3. The molecule has 1 fully saturated rings. The van der Waals surface area contributed by atoms with Gasteiger partial charge in [0.25, 0.3) is 5.91 Å². The van der Waals surface area contributed by atoms with Gasteiger partial charge in [-0.25, -0.2) is 0 Å². The topological polar surface area (TPSA) is 71.5 Å². The predicted octanol–water partition coefficient (Wildman–Crippen LogP) is 1.74. The summed E-state index contributed by atoms with van der Waals surface area (Å²) in [5.41, 5.74) is 1.47. The van der Waals surface area contributed by atoms with Gasteiger partial charge >= 0.3 is 0 Å². The molecule has 0 spiro atoms. The number of likely N-dealkylation sites (tertiary alicyclic amines) is 1. The van der Waals surface area contributed by atoms with Crippen molar-refractivity contribution in [1.82, 2.24) is 15.2 Å². The highest BCUT2D eigenvalue weighted by atomic mass is 16.5. The lowest BCUT2D eigenvalue weighted by Crippen LogP contribution is -2.48. The van der Waals surface area contributed by atoms with Crippen molar-refractivity contribution in [2.45, 2.75) is 25.7 Å². The summed E-state index contributed by atoms with van der Waals surface area (Å²) in [7, 11) is 1.64. The monoisotopic (exact) mass is 329 g/mol. The Morgan fingerprint density at radius 2 is 2.33 bits per heavy atom. The van der Waals surface area contributed by atoms with Crippen LogP contribution in [0, 0.1) is 5.41 Å². The van der Waals surface area contributed by atoms with E-state index in [2.05, 4.69) is 16.4 Å². The molecular weight excluding hydrogens is 306 g/mol. The van der Waals surface area contributed by atoms with E-state index in [1.807, 2.05) is 4.90 Å². The molecule has 1 aliphatic carbocycles. The average Bonchev–Trinajstić information content (AvgIpc) is 3.04. The zero-order chi connectivity index (χ0) is 17.0. The first-order valence-corrected chi connectivity index (χ1v) is 8.34. The quantitative estimate of drug-likeness (QED) is 0.863. The zero-order valence-electron chi connectivity index (χ0n) is 14.0. The van der Waals surface area contributed by atoms with Crippen LogP contribution in [0.3, 0.4) is 0 Å². The first-order chi connectivity index (χ1) is 11.7. The number of rotatable bonds is 6. The fourth-order valence-corrected chi connectivity index (χ4v) is 3.64. The average molecular weight is 329 g/mol. The molecule has 0 bridgehead atoms. The number of carbonyl (C=O) groups excluding carboxylic acids is 2. The number of piperidine rings is 1. The maximum Gasteiger partial charge on any atom is 0.252 e. The molecule has 6 heteroatoms. The Hall–Kier alpha value is -2.21. The van der Waals surface area contributed by atoms with Gasteiger partial charge in [0.15, 0.2) is 0 Å². The lowest BCUT2D eigenvalue weighted by Gasteiger charge is -2.42. The Morgan fingerprint density at radius 3 is 3.08 bits per heavy atom. The third kappa shape index (κ3) is 3.19. The second kappa shape index (κ2) is 7.13. The second-order valence-corrected chi connectivity index (χ2v) is 6.37. The van der Waals surface area contributed by atoms with Crippen LogP contribution in [0.2, 0.25) is 0 Å². The van der Waals surface area contributed by atoms with Gasteiger partial charge in [0, 0.05) is 50.1 Å². The number of carbonyl (C=O) groups is 2. The lowest BCUT2D eigenvalue weighted by atomic mass is 9.76. The number of pyridine rings is 1. The molecule has 3 rings (SSSR count). The minimum Gasteiger partial charge on any atom is -0.383 e. The van der Waals surface area contributed by atoms with Crippen molar-refractivity contribution >= 4 is 11.8 Å². The van der Waals surface area contributed by atoms with Crippen LogP contribution < -0.4 is 5.32 Å². The third-order valence-electron chi connectivity index (χ3n) is 4.94. The van der Waals surface area contributed by atoms with E-state index in [0.717, 1.165) is 25.0 Å². The number of fused-ring (bicyclic) bond motifs is 1. The molecule has 1 atom stereocenters. The summed E-state index contributed by atoms with van der Waals surface area (Å²) in [5.74, 6) is 0.0264. The molecule has 1 unspecified atom stereocenters. The Bertz CT molecular complexity index is 644. The molecule has 0 aromatic carbocycles. The van der Waals surface area contributed by atoms with Crippen molar-refractivity contribution in [2.24, 2.45) is 5.41 Å². The van der Waals surface area contributed by atoms with Crippen molar-refractivity contribution in [1.29, 1.82) is 0 Å². The molecular formula is C18H23N3O3. The van der Waals surface area contributed by atoms with Crippen LogP contribution in [-0.4, -0.2) is 48.5 Å². The van der Waals surface area contributed by atoms with E-state index < -0.39 is 0 Å². The summed E-state index contributed by atoms with van der Waals surface area (Å²) in [6.07, 6.45) is 8.56. The summed E-state index contributed by atoms with van der Waals surface area (Å²) >= 11 is 0. The van der Waals surface area contributed by atoms with Gasteiger partial charge in [-0.2, -0.15) is 0 Å². The summed E-state index contributed by atoms with van der Waals surface area (Å²) in [5, 5.41) is 3.03. The Morgan fingerprint density at radius 1 is 1.46 bits per heavy atom. The van der Waals surface area contributed by atoms with Crippen LogP contribution >= 0.6 is 0 Å². The highest BCUT2D eigenvalue weighted by molar-refractivity contribution is 5.93.